The first-order valence-corrected chi connectivity index (χ1v) is 11.7. The van der Waals surface area contributed by atoms with E-state index < -0.39 is 7.92 Å². The minimum atomic E-state index is -0.877. The topological polar surface area (TPSA) is 12.9 Å². The molecule has 0 saturated heterocycles. The van der Waals surface area contributed by atoms with Gasteiger partial charge in [0.25, 0.3) is 0 Å². The Morgan fingerprint density at radius 2 is 1.03 bits per heavy atom. The molecule has 0 radical (unpaired) electrons. The van der Waals surface area contributed by atoms with Crippen LogP contribution in [-0.4, -0.2) is 4.98 Å². The van der Waals surface area contributed by atoms with Crippen molar-refractivity contribution < 1.29 is 22.4 Å². The molecule has 4 aromatic carbocycles. The molecule has 3 heteroatoms. The molecule has 0 N–H and O–H groups in total. The van der Waals surface area contributed by atoms with Gasteiger partial charge in [-0.1, -0.05) is 72.8 Å². The van der Waals surface area contributed by atoms with Crippen molar-refractivity contribution in [3.05, 3.63) is 140 Å². The molecule has 0 bridgehead atoms. The van der Waals surface area contributed by atoms with E-state index in [1.165, 1.54) is 15.9 Å². The minimum Gasteiger partial charge on any atom is -0.366 e. The number of nitrogens with zero attached hydrogens (tertiary/aromatic N) is 1. The van der Waals surface area contributed by atoms with Crippen LogP contribution in [0.3, 0.4) is 0 Å². The number of hydrogen-bond donors (Lipinski definition) is 0. The van der Waals surface area contributed by atoms with Crippen molar-refractivity contribution >= 4 is 34.7 Å². The fourth-order valence-corrected chi connectivity index (χ4v) is 6.10. The average Bonchev–Trinajstić information content (AvgIpc) is 2.86. The van der Waals surface area contributed by atoms with E-state index in [0.717, 1.165) is 16.5 Å². The second-order valence-electron chi connectivity index (χ2n) is 6.98. The largest absolute Gasteiger partial charge is 1.00 e. The van der Waals surface area contributed by atoms with Gasteiger partial charge in [-0.3, -0.25) is 10.9 Å². The number of aromatic nitrogens is 1. The number of benzene rings is 4. The number of fused-ring (bicyclic) bond motifs is 1. The monoisotopic (exact) mass is 612 g/mol. The number of pyridine rings is 1. The van der Waals surface area contributed by atoms with Crippen molar-refractivity contribution in [3.8, 4) is 5.92 Å². The molecule has 32 heavy (non-hydrogen) atoms. The Kier molecular flexibility index (Phi) is 9.00. The van der Waals surface area contributed by atoms with Gasteiger partial charge in [-0.2, -0.15) is 0 Å². The normalized spacial score (nSPS) is 9.88. The third-order valence-electron chi connectivity index (χ3n) is 4.95. The van der Waals surface area contributed by atoms with E-state index in [-0.39, 0.29) is 22.4 Å². The number of hydrogen-bond acceptors (Lipinski definition) is 1. The van der Waals surface area contributed by atoms with Gasteiger partial charge in [-0.15, -0.1) is 11.6 Å². The van der Waals surface area contributed by atoms with Gasteiger partial charge >= 0.3 is 22.4 Å². The Balaban J connectivity index is 0.000000193. The Bertz CT molecular complexity index is 1180. The van der Waals surface area contributed by atoms with Crippen LogP contribution in [0.15, 0.2) is 128 Å². The molecule has 5 rings (SSSR count). The SMILES string of the molecule is [Au+].[C-]#Cc1cccc2cccnc12.c1ccc([PH+](c2ccccc2)c2ccccc2)cc1. The predicted molar refractivity (Wildman–Crippen MR) is 135 cm³/mol. The third-order valence-corrected chi connectivity index (χ3v) is 7.69. The first-order chi connectivity index (χ1) is 15.4. The molecular weight excluding hydrogens is 590 g/mol. The second kappa shape index (κ2) is 12.2. The van der Waals surface area contributed by atoms with Crippen molar-refractivity contribution in [1.82, 2.24) is 4.98 Å². The van der Waals surface area contributed by atoms with Gasteiger partial charge in [0, 0.05) is 11.7 Å². The molecule has 1 aromatic heterocycles. The van der Waals surface area contributed by atoms with E-state index in [2.05, 4.69) is 102 Å². The van der Waals surface area contributed by atoms with Crippen LogP contribution >= 0.6 is 7.92 Å². The fraction of sp³-hybridized carbons (Fsp3) is 0. The van der Waals surface area contributed by atoms with Crippen LogP contribution in [0.25, 0.3) is 10.9 Å². The Morgan fingerprint density at radius 1 is 0.562 bits per heavy atom. The van der Waals surface area contributed by atoms with Crippen LogP contribution < -0.4 is 15.9 Å². The summed E-state index contributed by atoms with van der Waals surface area (Å²) in [7, 11) is -0.877. The van der Waals surface area contributed by atoms with Crippen molar-refractivity contribution in [2.45, 2.75) is 0 Å². The van der Waals surface area contributed by atoms with Gasteiger partial charge in [-0.25, -0.2) is 0 Å². The van der Waals surface area contributed by atoms with Crippen LogP contribution in [-0.2, 0) is 22.4 Å². The number of para-hydroxylation sites is 1. The Hall–Kier alpha value is -2.98. The summed E-state index contributed by atoms with van der Waals surface area (Å²) in [4.78, 5) is 4.17. The summed E-state index contributed by atoms with van der Waals surface area (Å²) in [5.41, 5.74) is 1.59. The van der Waals surface area contributed by atoms with Gasteiger partial charge in [0.1, 0.15) is 15.9 Å². The van der Waals surface area contributed by atoms with Crippen molar-refractivity contribution in [1.29, 1.82) is 0 Å². The molecule has 0 aliphatic rings. The molecule has 5 aromatic rings. The molecule has 0 atom stereocenters. The molecule has 0 saturated carbocycles. The Labute approximate surface area is 206 Å². The van der Waals surface area contributed by atoms with Crippen LogP contribution in [0, 0.1) is 12.3 Å². The summed E-state index contributed by atoms with van der Waals surface area (Å²) in [6.07, 6.45) is 8.76. The third kappa shape index (κ3) is 5.83. The van der Waals surface area contributed by atoms with Gasteiger partial charge in [0.2, 0.25) is 0 Å². The van der Waals surface area contributed by atoms with Gasteiger partial charge in [0.05, 0.1) is 7.92 Å². The van der Waals surface area contributed by atoms with Crippen LogP contribution in [0.2, 0.25) is 0 Å². The van der Waals surface area contributed by atoms with Gasteiger partial charge in [-0.05, 0) is 47.9 Å². The maximum atomic E-state index is 7.04. The predicted octanol–water partition coefficient (Wildman–Crippen LogP) is 5.35. The summed E-state index contributed by atoms with van der Waals surface area (Å²) in [6, 6.07) is 42.1. The molecule has 0 aliphatic heterocycles. The molecule has 0 aliphatic carbocycles. The number of rotatable bonds is 3. The molecule has 0 fully saturated rings. The zero-order chi connectivity index (χ0) is 21.3. The summed E-state index contributed by atoms with van der Waals surface area (Å²) >= 11 is 0. The van der Waals surface area contributed by atoms with E-state index >= 15 is 0 Å². The molecular formula is C29H22AuNP+. The molecule has 0 unspecified atom stereocenters. The second-order valence-corrected chi connectivity index (χ2v) is 9.46. The molecule has 0 spiro atoms. The zero-order valence-corrected chi connectivity index (χ0v) is 20.5. The quantitative estimate of drug-likeness (QED) is 0.116. The summed E-state index contributed by atoms with van der Waals surface area (Å²) in [5.74, 6) is 2.36. The van der Waals surface area contributed by atoms with Crippen molar-refractivity contribution in [3.63, 3.8) is 0 Å². The van der Waals surface area contributed by atoms with E-state index in [4.69, 9.17) is 6.42 Å². The van der Waals surface area contributed by atoms with Crippen LogP contribution in [0.5, 0.6) is 0 Å². The van der Waals surface area contributed by atoms with E-state index in [1.807, 2.05) is 30.3 Å². The van der Waals surface area contributed by atoms with Gasteiger partial charge in [0.15, 0.2) is 0 Å². The van der Waals surface area contributed by atoms with Gasteiger partial charge < -0.3 is 6.42 Å². The molecule has 1 heterocycles. The standard InChI is InChI=1S/C18H15P.C11H6N.Au/c1-4-10-16(11-5-1)19(17-12-6-2-7-13-17)18-14-8-3-9-15-18;1-2-9-5-3-6-10-7-4-8-12-11(9)10;/h1-15H;3-8H;/q;-1;+1/p+1. The molecule has 1 nitrogen and oxygen atoms in total. The first kappa shape index (κ1) is 23.7. The minimum absolute atomic E-state index is 0. The van der Waals surface area contributed by atoms with Crippen LogP contribution in [0.4, 0.5) is 0 Å². The average molecular weight is 612 g/mol. The van der Waals surface area contributed by atoms with E-state index in [1.54, 1.807) is 6.20 Å². The summed E-state index contributed by atoms with van der Waals surface area (Å²) < 4.78 is 0. The molecule has 158 valence electrons. The maximum Gasteiger partial charge on any atom is 1.00 e. The summed E-state index contributed by atoms with van der Waals surface area (Å²) in [6.45, 7) is 0. The first-order valence-electron chi connectivity index (χ1n) is 10.2. The summed E-state index contributed by atoms with van der Waals surface area (Å²) in [5, 5.41) is 5.36. The smallest absolute Gasteiger partial charge is 0.366 e. The van der Waals surface area contributed by atoms with Crippen LogP contribution in [0.1, 0.15) is 5.56 Å². The molecule has 0 amide bonds. The fourth-order valence-electron chi connectivity index (χ4n) is 3.52. The maximum absolute atomic E-state index is 7.04. The van der Waals surface area contributed by atoms with E-state index in [9.17, 15) is 0 Å². The van der Waals surface area contributed by atoms with Crippen molar-refractivity contribution in [2.75, 3.05) is 0 Å². The Morgan fingerprint density at radius 3 is 1.50 bits per heavy atom. The van der Waals surface area contributed by atoms with Crippen molar-refractivity contribution in [2.24, 2.45) is 0 Å². The van der Waals surface area contributed by atoms with E-state index in [0.29, 0.717) is 0 Å². The zero-order valence-electron chi connectivity index (χ0n) is 17.4.